The number of nitrogens with zero attached hydrogens (tertiary/aromatic N) is 2. The van der Waals surface area contributed by atoms with Crippen LogP contribution in [0.4, 0.5) is 24.5 Å². The van der Waals surface area contributed by atoms with Crippen molar-refractivity contribution in [2.75, 3.05) is 31.8 Å². The summed E-state index contributed by atoms with van der Waals surface area (Å²) < 4.78 is 52.4. The second kappa shape index (κ2) is 6.28. The van der Waals surface area contributed by atoms with Crippen LogP contribution in [-0.2, 0) is 6.54 Å². The van der Waals surface area contributed by atoms with Gasteiger partial charge in [0.15, 0.2) is 11.5 Å². The van der Waals surface area contributed by atoms with Gasteiger partial charge in [-0.15, -0.1) is 13.2 Å². The molecule has 26 heavy (non-hydrogen) atoms. The maximum Gasteiger partial charge on any atom is 0.573 e. The molecule has 2 aromatic rings. The topological polar surface area (TPSA) is 34.2 Å². The molecule has 2 aliphatic rings. The van der Waals surface area contributed by atoms with E-state index in [1.165, 1.54) is 12.1 Å². The second-order valence-electron chi connectivity index (χ2n) is 6.27. The fourth-order valence-corrected chi connectivity index (χ4v) is 3.23. The van der Waals surface area contributed by atoms with Crippen molar-refractivity contribution in [3.05, 3.63) is 42.0 Å². The Kier molecular flexibility index (Phi) is 4.07. The number of fused-ring (bicyclic) bond motifs is 2. The molecule has 0 spiro atoms. The number of likely N-dealkylation sites (N-methyl/N-ethyl adjacent to an activating group) is 1. The number of ether oxygens (including phenoxy) is 3. The molecule has 5 nitrogen and oxygen atoms in total. The Morgan fingerprint density at radius 2 is 1.81 bits per heavy atom. The lowest BCUT2D eigenvalue weighted by molar-refractivity contribution is -0.274. The second-order valence-corrected chi connectivity index (χ2v) is 6.27. The first-order chi connectivity index (χ1) is 12.4. The number of rotatable bonds is 2. The average molecular weight is 366 g/mol. The SMILES string of the molecule is CN1CCN(c2ccc3c(c2)OCO3)c2ccc(OC(F)(F)F)cc2C1. The third kappa shape index (κ3) is 3.37. The van der Waals surface area contributed by atoms with E-state index in [1.807, 2.05) is 25.2 Å². The first kappa shape index (κ1) is 16.8. The van der Waals surface area contributed by atoms with Crippen LogP contribution in [0.3, 0.4) is 0 Å². The van der Waals surface area contributed by atoms with Crippen molar-refractivity contribution in [1.82, 2.24) is 4.90 Å². The van der Waals surface area contributed by atoms with Gasteiger partial charge in [-0.2, -0.15) is 0 Å². The quantitative estimate of drug-likeness (QED) is 0.805. The highest BCUT2D eigenvalue weighted by atomic mass is 19.4. The predicted octanol–water partition coefficient (Wildman–Crippen LogP) is 3.90. The number of anilines is 2. The molecule has 0 aliphatic carbocycles. The van der Waals surface area contributed by atoms with E-state index in [0.29, 0.717) is 24.6 Å². The first-order valence-electron chi connectivity index (χ1n) is 8.13. The third-order valence-corrected chi connectivity index (χ3v) is 4.39. The van der Waals surface area contributed by atoms with E-state index in [1.54, 1.807) is 6.07 Å². The smallest absolute Gasteiger partial charge is 0.454 e. The number of halogens is 3. The van der Waals surface area contributed by atoms with Crippen molar-refractivity contribution in [3.63, 3.8) is 0 Å². The number of benzene rings is 2. The molecular weight excluding hydrogens is 349 g/mol. The minimum atomic E-state index is -4.71. The van der Waals surface area contributed by atoms with Gasteiger partial charge in [-0.05, 0) is 42.9 Å². The summed E-state index contributed by atoms with van der Waals surface area (Å²) in [5.74, 6) is 1.14. The summed E-state index contributed by atoms with van der Waals surface area (Å²) in [4.78, 5) is 4.13. The van der Waals surface area contributed by atoms with Gasteiger partial charge in [-0.3, -0.25) is 0 Å². The summed E-state index contributed by atoms with van der Waals surface area (Å²) in [5, 5.41) is 0. The van der Waals surface area contributed by atoms with Crippen LogP contribution in [0.5, 0.6) is 17.2 Å². The van der Waals surface area contributed by atoms with E-state index in [2.05, 4.69) is 14.5 Å². The van der Waals surface area contributed by atoms with Gasteiger partial charge in [0.1, 0.15) is 5.75 Å². The number of alkyl halides is 3. The molecule has 0 fully saturated rings. The monoisotopic (exact) mass is 366 g/mol. The van der Waals surface area contributed by atoms with Gasteiger partial charge >= 0.3 is 6.36 Å². The Morgan fingerprint density at radius 3 is 2.62 bits per heavy atom. The Morgan fingerprint density at radius 1 is 1.00 bits per heavy atom. The average Bonchev–Trinajstić information content (AvgIpc) is 2.96. The highest BCUT2D eigenvalue weighted by Gasteiger charge is 2.32. The lowest BCUT2D eigenvalue weighted by Crippen LogP contribution is -2.26. The highest BCUT2D eigenvalue weighted by Crippen LogP contribution is 2.40. The molecule has 138 valence electrons. The molecule has 0 atom stereocenters. The van der Waals surface area contributed by atoms with Gasteiger partial charge in [0.2, 0.25) is 6.79 Å². The maximum absolute atomic E-state index is 12.5. The lowest BCUT2D eigenvalue weighted by atomic mass is 10.1. The Labute approximate surface area is 148 Å². The molecule has 0 aromatic heterocycles. The van der Waals surface area contributed by atoms with Crippen molar-refractivity contribution >= 4 is 11.4 Å². The van der Waals surface area contributed by atoms with Crippen molar-refractivity contribution < 1.29 is 27.4 Å². The van der Waals surface area contributed by atoms with E-state index in [9.17, 15) is 13.2 Å². The molecule has 2 aromatic carbocycles. The first-order valence-corrected chi connectivity index (χ1v) is 8.13. The standard InChI is InChI=1S/C18H17F3N2O3/c1-22-6-7-23(13-2-5-16-17(9-13)25-11-24-16)15-4-3-14(8-12(15)10-22)26-18(19,20)21/h2-5,8-9H,6-7,10-11H2,1H3. The zero-order valence-electron chi connectivity index (χ0n) is 14.0. The fraction of sp³-hybridized carbons (Fsp3) is 0.333. The van der Waals surface area contributed by atoms with Crippen molar-refractivity contribution in [2.24, 2.45) is 0 Å². The fourth-order valence-electron chi connectivity index (χ4n) is 3.23. The zero-order valence-corrected chi connectivity index (χ0v) is 14.0. The largest absolute Gasteiger partial charge is 0.573 e. The molecule has 0 saturated carbocycles. The molecule has 0 amide bonds. The van der Waals surface area contributed by atoms with Crippen LogP contribution in [-0.4, -0.2) is 38.2 Å². The van der Waals surface area contributed by atoms with Crippen molar-refractivity contribution in [3.8, 4) is 17.2 Å². The third-order valence-electron chi connectivity index (χ3n) is 4.39. The molecule has 0 unspecified atom stereocenters. The molecular formula is C18H17F3N2O3. The van der Waals surface area contributed by atoms with Crippen molar-refractivity contribution in [2.45, 2.75) is 12.9 Å². The van der Waals surface area contributed by atoms with E-state index >= 15 is 0 Å². The molecule has 0 N–H and O–H groups in total. The summed E-state index contributed by atoms with van der Waals surface area (Å²) >= 11 is 0. The number of hydrogen-bond donors (Lipinski definition) is 0. The molecule has 4 rings (SSSR count). The Bertz CT molecular complexity index is 826. The Balaban J connectivity index is 1.71. The van der Waals surface area contributed by atoms with Gasteiger partial charge in [-0.25, -0.2) is 0 Å². The molecule has 8 heteroatoms. The minimum Gasteiger partial charge on any atom is -0.454 e. The van der Waals surface area contributed by atoms with Gasteiger partial charge < -0.3 is 24.0 Å². The van der Waals surface area contributed by atoms with Crippen LogP contribution in [0, 0.1) is 0 Å². The normalized spacial score (nSPS) is 17.0. The molecule has 2 aliphatic heterocycles. The van der Waals surface area contributed by atoms with Gasteiger partial charge in [0.05, 0.1) is 0 Å². The number of hydrogen-bond acceptors (Lipinski definition) is 5. The van der Waals surface area contributed by atoms with Crippen LogP contribution in [0.1, 0.15) is 5.56 Å². The minimum absolute atomic E-state index is 0.191. The van der Waals surface area contributed by atoms with Crippen LogP contribution < -0.4 is 19.1 Å². The molecule has 0 radical (unpaired) electrons. The van der Waals surface area contributed by atoms with Gasteiger partial charge in [-0.1, -0.05) is 0 Å². The van der Waals surface area contributed by atoms with Crippen molar-refractivity contribution in [1.29, 1.82) is 0 Å². The van der Waals surface area contributed by atoms with E-state index in [-0.39, 0.29) is 12.5 Å². The van der Waals surface area contributed by atoms with Crippen LogP contribution in [0.15, 0.2) is 36.4 Å². The summed E-state index contributed by atoms with van der Waals surface area (Å²) in [6.07, 6.45) is -4.71. The maximum atomic E-state index is 12.5. The predicted molar refractivity (Wildman–Crippen MR) is 89.0 cm³/mol. The Hall–Kier alpha value is -2.61. The lowest BCUT2D eigenvalue weighted by Gasteiger charge is -2.25. The summed E-state index contributed by atoms with van der Waals surface area (Å²) in [6, 6.07) is 10.1. The summed E-state index contributed by atoms with van der Waals surface area (Å²) in [6.45, 7) is 2.18. The zero-order chi connectivity index (χ0) is 18.3. The van der Waals surface area contributed by atoms with E-state index in [0.717, 1.165) is 23.5 Å². The molecule has 0 bridgehead atoms. The van der Waals surface area contributed by atoms with E-state index < -0.39 is 6.36 Å². The highest BCUT2D eigenvalue weighted by molar-refractivity contribution is 5.70. The molecule has 0 saturated heterocycles. The summed E-state index contributed by atoms with van der Waals surface area (Å²) in [5.41, 5.74) is 2.52. The van der Waals surface area contributed by atoms with Gasteiger partial charge in [0.25, 0.3) is 0 Å². The summed E-state index contributed by atoms with van der Waals surface area (Å²) in [7, 11) is 1.93. The van der Waals surface area contributed by atoms with Crippen LogP contribution in [0.25, 0.3) is 0 Å². The van der Waals surface area contributed by atoms with E-state index in [4.69, 9.17) is 9.47 Å². The van der Waals surface area contributed by atoms with Crippen LogP contribution in [0.2, 0.25) is 0 Å². The van der Waals surface area contributed by atoms with Gasteiger partial charge in [0, 0.05) is 37.1 Å². The molecule has 2 heterocycles. The van der Waals surface area contributed by atoms with Crippen LogP contribution >= 0.6 is 0 Å².